The van der Waals surface area contributed by atoms with E-state index in [1.54, 1.807) is 38.5 Å². The fourth-order valence-corrected chi connectivity index (χ4v) is 8.34. The Hall–Kier alpha value is -8.70. The highest BCUT2D eigenvalue weighted by molar-refractivity contribution is 5.72. The molecule has 1 unspecified atom stereocenters. The van der Waals surface area contributed by atoms with Crippen LogP contribution in [0.15, 0.2) is 160 Å². The predicted octanol–water partition coefficient (Wildman–Crippen LogP) is 13.6. The molecule has 432 valence electrons. The largest absolute Gasteiger partial charge is 0.497 e. The molecule has 0 aliphatic carbocycles. The van der Waals surface area contributed by atoms with Crippen molar-refractivity contribution in [3.8, 4) is 23.0 Å². The maximum absolute atomic E-state index is 13.8. The molecule has 7 aromatic rings. The first-order valence-corrected chi connectivity index (χ1v) is 25.9. The average Bonchev–Trinajstić information content (AvgIpc) is 3.71. The molecular formula is C60H62F5N7O10. The van der Waals surface area contributed by atoms with Gasteiger partial charge in [-0.3, -0.25) is 14.9 Å². The van der Waals surface area contributed by atoms with Gasteiger partial charge in [0, 0.05) is 49.0 Å². The first-order chi connectivity index (χ1) is 39.6. The van der Waals surface area contributed by atoms with Crippen molar-refractivity contribution in [2.24, 2.45) is 20.5 Å². The number of unbranched alkanes of at least 4 members (excludes halogenated alkanes) is 1. The lowest BCUT2D eigenvalue weighted by Crippen LogP contribution is -2.42. The Bertz CT molecular complexity index is 3180. The topological polar surface area (TPSA) is 212 Å². The average molecular weight is 1140 g/mol. The van der Waals surface area contributed by atoms with Crippen LogP contribution in [-0.4, -0.2) is 81.3 Å². The maximum Gasteiger partial charge on any atom is 0.311 e. The van der Waals surface area contributed by atoms with Crippen molar-refractivity contribution in [2.45, 2.75) is 57.8 Å². The molecule has 0 aliphatic heterocycles. The minimum absolute atomic E-state index is 0.000189. The smallest absolute Gasteiger partial charge is 0.311 e. The molecule has 0 heterocycles. The Morgan fingerprint density at radius 2 is 1.21 bits per heavy atom. The Morgan fingerprint density at radius 1 is 0.671 bits per heavy atom. The van der Waals surface area contributed by atoms with E-state index in [9.17, 15) is 47.1 Å². The number of carbonyl (C=O) groups excluding carboxylic acids is 1. The fourth-order valence-electron chi connectivity index (χ4n) is 8.34. The van der Waals surface area contributed by atoms with Crippen molar-refractivity contribution in [3.63, 3.8) is 0 Å². The number of nitrogens with one attached hydrogen (secondary N) is 1. The van der Waals surface area contributed by atoms with Gasteiger partial charge in [0.15, 0.2) is 0 Å². The molecule has 0 radical (unpaired) electrons. The molecule has 3 N–H and O–H groups in total. The molecule has 0 saturated carbocycles. The van der Waals surface area contributed by atoms with Crippen LogP contribution in [0.2, 0.25) is 0 Å². The van der Waals surface area contributed by atoms with Gasteiger partial charge in [0.25, 0.3) is 5.69 Å². The number of anilines is 1. The van der Waals surface area contributed by atoms with Crippen molar-refractivity contribution in [1.82, 2.24) is 5.32 Å². The fraction of sp³-hybridized carbons (Fsp3) is 0.283. The monoisotopic (exact) mass is 1140 g/mol. The number of aliphatic hydroxyl groups excluding tert-OH is 2. The van der Waals surface area contributed by atoms with E-state index in [1.165, 1.54) is 43.5 Å². The number of hydrogen-bond donors (Lipinski definition) is 3. The number of rotatable bonds is 27. The van der Waals surface area contributed by atoms with Crippen LogP contribution in [0.4, 0.5) is 56.1 Å². The zero-order chi connectivity index (χ0) is 59.2. The van der Waals surface area contributed by atoms with Gasteiger partial charge >= 0.3 is 5.97 Å². The summed E-state index contributed by atoms with van der Waals surface area (Å²) in [4.78, 5) is 24.3. The number of nitro groups is 1. The van der Waals surface area contributed by atoms with Crippen molar-refractivity contribution in [2.75, 3.05) is 59.1 Å². The maximum atomic E-state index is 13.8. The Balaban J connectivity index is 0.000000285. The molecule has 82 heavy (non-hydrogen) atoms. The molecular weight excluding hydrogens is 1070 g/mol. The van der Waals surface area contributed by atoms with Crippen LogP contribution < -0.4 is 29.2 Å². The summed E-state index contributed by atoms with van der Waals surface area (Å²) in [6, 6.07) is 41.2. The summed E-state index contributed by atoms with van der Waals surface area (Å²) in [5.41, 5.74) is 4.48. The molecule has 0 aliphatic rings. The third-order valence-corrected chi connectivity index (χ3v) is 12.8. The van der Waals surface area contributed by atoms with E-state index < -0.39 is 57.9 Å². The second kappa shape index (κ2) is 30.8. The third-order valence-electron chi connectivity index (χ3n) is 12.8. The standard InChI is InChI=1S/C32H27F5N6O6.C28H35NO4/c1-3-42(14-4-5-26(45)49-32-30(36)28(34)27(33)29(35)31(32)37)21-10-6-19(7-11-21)39-41-24-15-18(17-44)23(16-25(24)48-2)40-38-20-8-12-22(13-9-20)43(46)47;1-4-5-19-29-25(20-30)21-33-28(22-9-7-6-8-10-22,23-11-15-26(31-2)16-12-23)24-13-17-27(32-3)18-14-24/h6-13,15-16,44H,3-5,14,17H2,1-2H3;6-18,25,29-30H,4-5,19-21H2,1-3H3. The van der Waals surface area contributed by atoms with Gasteiger partial charge in [0.1, 0.15) is 28.5 Å². The number of halogens is 5. The van der Waals surface area contributed by atoms with Crippen molar-refractivity contribution < 1.29 is 65.6 Å². The van der Waals surface area contributed by atoms with Crippen LogP contribution in [0.25, 0.3) is 0 Å². The van der Waals surface area contributed by atoms with Gasteiger partial charge < -0.3 is 44.1 Å². The summed E-state index contributed by atoms with van der Waals surface area (Å²) in [5, 5.41) is 50.8. The third kappa shape index (κ3) is 16.0. The first kappa shape index (κ1) is 62.5. The predicted molar refractivity (Wildman–Crippen MR) is 298 cm³/mol. The number of carbonyl (C=O) groups is 1. The molecule has 0 spiro atoms. The summed E-state index contributed by atoms with van der Waals surface area (Å²) in [6.07, 6.45) is 1.92. The van der Waals surface area contributed by atoms with E-state index >= 15 is 0 Å². The van der Waals surface area contributed by atoms with Crippen LogP contribution in [-0.2, 0) is 21.7 Å². The highest BCUT2D eigenvalue weighted by Gasteiger charge is 2.38. The molecule has 0 fully saturated rings. The summed E-state index contributed by atoms with van der Waals surface area (Å²) in [6.45, 7) is 5.57. The molecule has 1 atom stereocenters. The second-order valence-corrected chi connectivity index (χ2v) is 18.1. The van der Waals surface area contributed by atoms with Gasteiger partial charge in [0.2, 0.25) is 34.8 Å². The first-order valence-electron chi connectivity index (χ1n) is 25.9. The molecule has 7 rings (SSSR count). The van der Waals surface area contributed by atoms with Gasteiger partial charge in [-0.1, -0.05) is 67.9 Å². The number of methoxy groups -OCH3 is 3. The van der Waals surface area contributed by atoms with Crippen LogP contribution >= 0.6 is 0 Å². The number of hydrogen-bond acceptors (Lipinski definition) is 16. The van der Waals surface area contributed by atoms with Crippen LogP contribution in [0.5, 0.6) is 23.0 Å². The van der Waals surface area contributed by atoms with Crippen LogP contribution in [0, 0.1) is 39.2 Å². The number of esters is 1. The van der Waals surface area contributed by atoms with Gasteiger partial charge in [-0.2, -0.15) is 24.1 Å². The molecule has 17 nitrogen and oxygen atoms in total. The van der Waals surface area contributed by atoms with E-state index in [2.05, 4.69) is 49.6 Å². The number of nitro benzene ring substituents is 1. The lowest BCUT2D eigenvalue weighted by Gasteiger charge is -2.37. The van der Waals surface area contributed by atoms with E-state index in [-0.39, 0.29) is 48.3 Å². The summed E-state index contributed by atoms with van der Waals surface area (Å²) < 4.78 is 95.1. The number of benzene rings is 7. The lowest BCUT2D eigenvalue weighted by molar-refractivity contribution is -0.384. The minimum Gasteiger partial charge on any atom is -0.497 e. The second-order valence-electron chi connectivity index (χ2n) is 18.1. The zero-order valence-corrected chi connectivity index (χ0v) is 45.7. The number of azo groups is 2. The van der Waals surface area contributed by atoms with Crippen molar-refractivity contribution >= 4 is 40.1 Å². The molecule has 7 aromatic carbocycles. The van der Waals surface area contributed by atoms with Gasteiger partial charge in [0.05, 0.1) is 69.2 Å². The van der Waals surface area contributed by atoms with Crippen LogP contribution in [0.1, 0.15) is 61.8 Å². The number of ether oxygens (including phenoxy) is 5. The van der Waals surface area contributed by atoms with E-state index in [0.29, 0.717) is 36.6 Å². The molecule has 0 bridgehead atoms. The van der Waals surface area contributed by atoms with E-state index in [4.69, 9.17) is 18.9 Å². The Labute approximate surface area is 470 Å². The number of aliphatic hydroxyl groups is 2. The van der Waals surface area contributed by atoms with Gasteiger partial charge in [-0.05, 0) is 110 Å². The van der Waals surface area contributed by atoms with E-state index in [0.717, 1.165) is 53.3 Å². The molecule has 0 aromatic heterocycles. The SMILES string of the molecule is CCCCNC(CO)COC(c1ccccc1)(c1ccc(OC)cc1)c1ccc(OC)cc1.CCN(CCCC(=O)Oc1c(F)c(F)c(F)c(F)c1F)c1ccc(N=Nc2cc(CO)c(N=Nc3ccc([N+](=O)[O-])cc3)cc2OC)cc1. The minimum atomic E-state index is -2.35. The Kier molecular flexibility index (Phi) is 23.4. The van der Waals surface area contributed by atoms with E-state index in [1.807, 2.05) is 78.6 Å². The van der Waals surface area contributed by atoms with Gasteiger partial charge in [-0.15, -0.1) is 5.11 Å². The quantitative estimate of drug-likeness (QED) is 0.00419. The van der Waals surface area contributed by atoms with Crippen molar-refractivity contribution in [1.29, 1.82) is 0 Å². The number of non-ortho nitro benzene ring substituents is 1. The molecule has 0 saturated heterocycles. The molecule has 22 heteroatoms. The Morgan fingerprint density at radius 3 is 1.71 bits per heavy atom. The summed E-state index contributed by atoms with van der Waals surface area (Å²) in [5.74, 6) is -12.2. The summed E-state index contributed by atoms with van der Waals surface area (Å²) in [7, 11) is 4.73. The van der Waals surface area contributed by atoms with Crippen LogP contribution in [0.3, 0.4) is 0 Å². The number of nitrogens with zero attached hydrogens (tertiary/aromatic N) is 6. The lowest BCUT2D eigenvalue weighted by atomic mass is 9.80. The summed E-state index contributed by atoms with van der Waals surface area (Å²) >= 11 is 0. The highest BCUT2D eigenvalue weighted by Crippen LogP contribution is 2.42. The van der Waals surface area contributed by atoms with Gasteiger partial charge in [-0.25, -0.2) is 13.2 Å². The van der Waals surface area contributed by atoms with Crippen molar-refractivity contribution in [3.05, 3.63) is 201 Å². The zero-order valence-electron chi connectivity index (χ0n) is 45.7. The highest BCUT2D eigenvalue weighted by atomic mass is 19.2. The normalized spacial score (nSPS) is 11.8. The molecule has 0 amide bonds.